The van der Waals surface area contributed by atoms with E-state index in [1.54, 1.807) is 0 Å². The molecule has 2 aromatic carbocycles. The lowest BCUT2D eigenvalue weighted by Gasteiger charge is -2.10. The van der Waals surface area contributed by atoms with Gasteiger partial charge in [-0.25, -0.2) is 0 Å². The predicted molar refractivity (Wildman–Crippen MR) is 106 cm³/mol. The number of nitro benzene ring substituents is 1. The number of thioether (sulfide) groups is 1. The van der Waals surface area contributed by atoms with E-state index in [2.05, 4.69) is 5.32 Å². The van der Waals surface area contributed by atoms with Crippen LogP contribution in [0.2, 0.25) is 0 Å². The summed E-state index contributed by atoms with van der Waals surface area (Å²) in [6.07, 6.45) is 0.173. The fourth-order valence-electron chi connectivity index (χ4n) is 2.19. The minimum atomic E-state index is -0.565. The summed E-state index contributed by atoms with van der Waals surface area (Å²) in [5.74, 6) is -0.361. The minimum Gasteiger partial charge on any atom is -0.494 e. The van der Waals surface area contributed by atoms with Crippen molar-refractivity contribution < 1.29 is 24.0 Å². The van der Waals surface area contributed by atoms with E-state index in [-0.39, 0.29) is 23.5 Å². The van der Waals surface area contributed by atoms with Gasteiger partial charge in [-0.3, -0.25) is 19.7 Å². The van der Waals surface area contributed by atoms with Crippen LogP contribution in [0.3, 0.4) is 0 Å². The summed E-state index contributed by atoms with van der Waals surface area (Å²) in [7, 11) is 1.33. The number of non-ortho nitro benzene ring substituents is 1. The third-order valence-electron chi connectivity index (χ3n) is 3.63. The van der Waals surface area contributed by atoms with Crippen LogP contribution in [0.5, 0.6) is 5.75 Å². The van der Waals surface area contributed by atoms with Crippen molar-refractivity contribution in [3.8, 4) is 5.75 Å². The van der Waals surface area contributed by atoms with Gasteiger partial charge < -0.3 is 14.8 Å². The number of methoxy groups -OCH3 is 1. The van der Waals surface area contributed by atoms with Crippen molar-refractivity contribution in [1.82, 2.24) is 0 Å². The molecule has 0 radical (unpaired) electrons. The summed E-state index contributed by atoms with van der Waals surface area (Å²) in [6.45, 7) is 1.55. The van der Waals surface area contributed by atoms with Crippen molar-refractivity contribution in [3.63, 3.8) is 0 Å². The van der Waals surface area contributed by atoms with Gasteiger partial charge >= 0.3 is 5.97 Å². The van der Waals surface area contributed by atoms with Crippen molar-refractivity contribution in [2.45, 2.75) is 18.2 Å². The predicted octanol–water partition coefficient (Wildman–Crippen LogP) is 3.58. The number of esters is 1. The van der Waals surface area contributed by atoms with Crippen molar-refractivity contribution in [1.29, 1.82) is 0 Å². The van der Waals surface area contributed by atoms with Crippen LogP contribution in [0.1, 0.15) is 12.0 Å². The third-order valence-corrected chi connectivity index (χ3v) is 4.64. The minimum absolute atomic E-state index is 0.142. The number of hydrogen-bond acceptors (Lipinski definition) is 7. The van der Waals surface area contributed by atoms with Crippen LogP contribution in [-0.4, -0.2) is 36.3 Å². The first-order valence-electron chi connectivity index (χ1n) is 8.36. The smallest absolute Gasteiger partial charge is 0.307 e. The molecule has 2 aromatic rings. The van der Waals surface area contributed by atoms with Crippen LogP contribution in [0, 0.1) is 17.0 Å². The van der Waals surface area contributed by atoms with Gasteiger partial charge in [-0.15, -0.1) is 11.8 Å². The Morgan fingerprint density at radius 2 is 1.89 bits per heavy atom. The van der Waals surface area contributed by atoms with Gasteiger partial charge in [0.2, 0.25) is 0 Å². The van der Waals surface area contributed by atoms with E-state index in [4.69, 9.17) is 9.47 Å². The van der Waals surface area contributed by atoms with E-state index in [0.717, 1.165) is 4.90 Å². The molecule has 0 fully saturated rings. The monoisotopic (exact) mass is 404 g/mol. The number of rotatable bonds is 9. The van der Waals surface area contributed by atoms with Gasteiger partial charge in [-0.05, 0) is 25.1 Å². The highest BCUT2D eigenvalue weighted by Crippen LogP contribution is 2.28. The van der Waals surface area contributed by atoms with Gasteiger partial charge in [-0.1, -0.05) is 17.7 Å². The Balaban J connectivity index is 1.76. The van der Waals surface area contributed by atoms with E-state index in [9.17, 15) is 19.7 Å². The average Bonchev–Trinajstić information content (AvgIpc) is 2.68. The van der Waals surface area contributed by atoms with Crippen LogP contribution >= 0.6 is 11.8 Å². The summed E-state index contributed by atoms with van der Waals surface area (Å²) < 4.78 is 9.99. The van der Waals surface area contributed by atoms with Crippen LogP contribution in [0.25, 0.3) is 0 Å². The molecule has 0 aromatic heterocycles. The molecule has 2 rings (SSSR count). The van der Waals surface area contributed by atoms with Crippen molar-refractivity contribution >= 4 is 35.0 Å². The highest BCUT2D eigenvalue weighted by molar-refractivity contribution is 7.99. The van der Waals surface area contributed by atoms with E-state index >= 15 is 0 Å². The number of nitrogens with one attached hydrogen (secondary N) is 1. The highest BCUT2D eigenvalue weighted by atomic mass is 32.2. The van der Waals surface area contributed by atoms with Gasteiger partial charge in [0.1, 0.15) is 5.75 Å². The number of amides is 1. The first-order chi connectivity index (χ1) is 13.4. The van der Waals surface area contributed by atoms with Gasteiger partial charge in [0.05, 0.1) is 30.2 Å². The number of nitrogens with zero attached hydrogens (tertiary/aromatic N) is 1. The van der Waals surface area contributed by atoms with Crippen LogP contribution in [-0.2, 0) is 14.3 Å². The Morgan fingerprint density at radius 1 is 1.18 bits per heavy atom. The Hall–Kier alpha value is -3.07. The van der Waals surface area contributed by atoms with E-state index in [0.29, 0.717) is 5.75 Å². The first-order valence-corrected chi connectivity index (χ1v) is 9.35. The number of benzene rings is 2. The molecule has 0 unspecified atom stereocenters. The second kappa shape index (κ2) is 10.3. The molecule has 0 heterocycles. The molecule has 0 atom stereocenters. The molecule has 28 heavy (non-hydrogen) atoms. The Morgan fingerprint density at radius 3 is 2.54 bits per heavy atom. The molecule has 0 saturated heterocycles. The summed E-state index contributed by atoms with van der Waals surface area (Å²) in [6, 6.07) is 11.8. The molecular weight excluding hydrogens is 384 g/mol. The average molecular weight is 404 g/mol. The lowest BCUT2D eigenvalue weighted by atomic mass is 10.2. The lowest BCUT2D eigenvalue weighted by Crippen LogP contribution is -2.21. The number of hydrogen-bond donors (Lipinski definition) is 1. The Kier molecular flexibility index (Phi) is 7.82. The SMILES string of the molecule is COc1cc([N+](=O)[O-])ccc1NC(=O)COC(=O)CCSc1ccc(C)cc1. The molecule has 0 aliphatic carbocycles. The highest BCUT2D eigenvalue weighted by Gasteiger charge is 2.14. The largest absolute Gasteiger partial charge is 0.494 e. The second-order valence-corrected chi connectivity index (χ2v) is 6.93. The number of ether oxygens (including phenoxy) is 2. The van der Waals surface area contributed by atoms with Gasteiger partial charge in [-0.2, -0.15) is 0 Å². The van der Waals surface area contributed by atoms with E-state index < -0.39 is 23.4 Å². The van der Waals surface area contributed by atoms with Crippen molar-refractivity contribution in [3.05, 3.63) is 58.1 Å². The molecule has 8 nitrogen and oxygen atoms in total. The molecule has 0 aliphatic heterocycles. The third kappa shape index (κ3) is 6.58. The number of anilines is 1. The molecular formula is C19H20N2O6S. The number of nitro groups is 1. The molecule has 0 saturated carbocycles. The second-order valence-electron chi connectivity index (χ2n) is 5.76. The van der Waals surface area contributed by atoms with Crippen molar-refractivity contribution in [2.75, 3.05) is 24.8 Å². The fourth-order valence-corrected chi connectivity index (χ4v) is 3.02. The molecule has 1 amide bonds. The number of carbonyl (C=O) groups excluding carboxylic acids is 2. The van der Waals surface area contributed by atoms with Gasteiger partial charge in [0.15, 0.2) is 6.61 Å². The maximum absolute atomic E-state index is 11.9. The zero-order chi connectivity index (χ0) is 20.5. The van der Waals surface area contributed by atoms with Crippen LogP contribution in [0.15, 0.2) is 47.4 Å². The normalized spacial score (nSPS) is 10.2. The zero-order valence-electron chi connectivity index (χ0n) is 15.5. The topological polar surface area (TPSA) is 108 Å². The zero-order valence-corrected chi connectivity index (χ0v) is 16.3. The standard InChI is InChI=1S/C19H20N2O6S/c1-13-3-6-15(7-4-13)28-10-9-19(23)27-12-18(22)20-16-8-5-14(21(24)25)11-17(16)26-2/h3-8,11H,9-10,12H2,1-2H3,(H,20,22). The van der Waals surface area contributed by atoms with Crippen molar-refractivity contribution in [2.24, 2.45) is 0 Å². The molecule has 9 heteroatoms. The molecule has 0 aliphatic rings. The maximum atomic E-state index is 11.9. The lowest BCUT2D eigenvalue weighted by molar-refractivity contribution is -0.384. The Bertz CT molecular complexity index is 854. The van der Waals surface area contributed by atoms with E-state index in [1.165, 1.54) is 42.6 Å². The quantitative estimate of drug-likeness (QED) is 0.294. The summed E-state index contributed by atoms with van der Waals surface area (Å²) in [4.78, 5) is 35.0. The van der Waals surface area contributed by atoms with Crippen LogP contribution in [0.4, 0.5) is 11.4 Å². The summed E-state index contributed by atoms with van der Waals surface area (Å²) >= 11 is 1.53. The van der Waals surface area contributed by atoms with Gasteiger partial charge in [0, 0.05) is 16.7 Å². The maximum Gasteiger partial charge on any atom is 0.307 e. The Labute approximate surface area is 166 Å². The number of aryl methyl sites for hydroxylation is 1. The molecule has 0 spiro atoms. The van der Waals surface area contributed by atoms with Gasteiger partial charge in [0.25, 0.3) is 11.6 Å². The fraction of sp³-hybridized carbons (Fsp3) is 0.263. The molecule has 1 N–H and O–H groups in total. The molecule has 0 bridgehead atoms. The first kappa shape index (κ1) is 21.2. The number of carbonyl (C=O) groups is 2. The van der Waals surface area contributed by atoms with E-state index in [1.807, 2.05) is 31.2 Å². The summed E-state index contributed by atoms with van der Waals surface area (Å²) in [5.41, 5.74) is 1.26. The molecule has 148 valence electrons. The van der Waals surface area contributed by atoms with Crippen LogP contribution < -0.4 is 10.1 Å². The summed E-state index contributed by atoms with van der Waals surface area (Å²) in [5, 5.41) is 13.3.